The number of carbonyl (C=O) groups is 6. The molecule has 0 radical (unpaired) electrons. The number of ether oxygens (including phenoxy) is 13. The van der Waals surface area contributed by atoms with E-state index >= 15 is 61.5 Å². The molecular weight excluding hydrogens is 1270 g/mol. The molecule has 19 nitrogen and oxygen atoms in total. The molecule has 0 bridgehead atoms. The van der Waals surface area contributed by atoms with Crippen LogP contribution in [-0.4, -0.2) is 182 Å². The van der Waals surface area contributed by atoms with Crippen LogP contribution in [0.1, 0.15) is 19.3 Å². The minimum Gasteiger partial charge on any atom is -0.462 e. The van der Waals surface area contributed by atoms with E-state index in [9.17, 15) is 63.9 Å². The Morgan fingerprint density at radius 1 is 0.333 bits per heavy atom. The maximum atomic E-state index is 17.3. The Morgan fingerprint density at radius 2 is 0.609 bits per heavy atom. The van der Waals surface area contributed by atoms with Gasteiger partial charge in [0.1, 0.15) is 25.2 Å². The van der Waals surface area contributed by atoms with E-state index in [1.807, 2.05) is 0 Å². The van der Waals surface area contributed by atoms with Crippen LogP contribution in [0, 0.1) is 10.8 Å². The highest BCUT2D eigenvalue weighted by atomic mass is 19.3. The van der Waals surface area contributed by atoms with Gasteiger partial charge in [0.15, 0.2) is 19.8 Å². The zero-order chi connectivity index (χ0) is 68.0. The van der Waals surface area contributed by atoms with E-state index in [2.05, 4.69) is 101 Å². The van der Waals surface area contributed by atoms with Crippen molar-refractivity contribution in [2.45, 2.75) is 79.8 Å². The normalized spacial score (nSPS) is 14.0. The second-order valence-electron chi connectivity index (χ2n) is 16.9. The molecule has 0 aliphatic rings. The Bertz CT molecular complexity index is 2350. The predicted octanol–water partition coefficient (Wildman–Crippen LogP) is 9.27. The first-order valence-corrected chi connectivity index (χ1v) is 22.9. The molecule has 500 valence electrons. The lowest BCUT2D eigenvalue weighted by atomic mass is 9.82. The third kappa shape index (κ3) is 26.8. The Kier molecular flexibility index (Phi) is 30.1. The lowest BCUT2D eigenvalue weighted by Crippen LogP contribution is -2.71. The van der Waals surface area contributed by atoms with Gasteiger partial charge in [-0.15, -0.1) is 0 Å². The average Bonchev–Trinajstić information content (AvgIpc) is 0.723. The van der Waals surface area contributed by atoms with Crippen LogP contribution in [-0.2, 0) is 90.3 Å². The minimum absolute atomic E-state index is 0.170. The quantitative estimate of drug-likeness (QED) is 0.0240. The summed E-state index contributed by atoms with van der Waals surface area (Å²) in [5.74, 6) is -31.0. The summed E-state index contributed by atoms with van der Waals surface area (Å²) in [4.78, 5) is 68.5. The van der Waals surface area contributed by atoms with Crippen molar-refractivity contribution in [1.29, 1.82) is 0 Å². The van der Waals surface area contributed by atoms with Gasteiger partial charge in [0.25, 0.3) is 5.41 Å². The third-order valence-corrected chi connectivity index (χ3v) is 9.76. The molecule has 0 aromatic heterocycles. The summed E-state index contributed by atoms with van der Waals surface area (Å²) in [6, 6.07) is 0. The number of rotatable bonds is 46. The van der Waals surface area contributed by atoms with Crippen molar-refractivity contribution in [2.24, 2.45) is 10.8 Å². The van der Waals surface area contributed by atoms with Crippen molar-refractivity contribution in [2.75, 3.05) is 85.9 Å². The molecule has 0 fully saturated rings. The molecule has 0 aliphatic carbocycles. The topological polar surface area (TPSA) is 222 Å². The first kappa shape index (κ1) is 80.4. The van der Waals surface area contributed by atoms with Gasteiger partial charge in [-0.05, 0) is 0 Å². The van der Waals surface area contributed by atoms with Gasteiger partial charge in [-0.25, -0.2) is 55.1 Å². The molecule has 0 heterocycles. The van der Waals surface area contributed by atoms with Crippen LogP contribution >= 0.6 is 0 Å². The van der Waals surface area contributed by atoms with E-state index in [0.29, 0.717) is 0 Å². The third-order valence-electron chi connectivity index (χ3n) is 9.76. The zero-order valence-electron chi connectivity index (χ0n) is 43.9. The molecular formula is C46H48F22O19. The second-order valence-corrected chi connectivity index (χ2v) is 16.9. The van der Waals surface area contributed by atoms with Gasteiger partial charge in [0.2, 0.25) is 11.7 Å². The molecule has 0 aromatic carbocycles. The van der Waals surface area contributed by atoms with Crippen LogP contribution in [0.5, 0.6) is 0 Å². The molecule has 41 heteroatoms. The first-order chi connectivity index (χ1) is 39.4. The summed E-state index contributed by atoms with van der Waals surface area (Å²) in [6.45, 7) is -19.8. The highest BCUT2D eigenvalue weighted by Gasteiger charge is 2.86. The molecule has 0 saturated carbocycles. The van der Waals surface area contributed by atoms with Crippen molar-refractivity contribution in [1.82, 2.24) is 0 Å². The van der Waals surface area contributed by atoms with E-state index in [-0.39, 0.29) is 24.3 Å². The summed E-state index contributed by atoms with van der Waals surface area (Å²) in [7, 11) is 0. The number of carbonyl (C=O) groups excluding carboxylic acids is 6. The monoisotopic (exact) mass is 1320 g/mol. The lowest BCUT2D eigenvalue weighted by molar-refractivity contribution is -0.545. The Hall–Kier alpha value is -6.56. The van der Waals surface area contributed by atoms with E-state index < -0.39 is 224 Å². The summed E-state index contributed by atoms with van der Waals surface area (Å²) < 4.78 is 392. The van der Waals surface area contributed by atoms with Gasteiger partial charge in [-0.2, -0.15) is 70.2 Å². The van der Waals surface area contributed by atoms with Crippen LogP contribution < -0.4 is 0 Å². The molecule has 0 rings (SSSR count). The Morgan fingerprint density at radius 3 is 0.908 bits per heavy atom. The van der Waals surface area contributed by atoms with E-state index in [1.54, 1.807) is 0 Å². The van der Waals surface area contributed by atoms with Crippen LogP contribution in [0.3, 0.4) is 0 Å². The first-order valence-electron chi connectivity index (χ1n) is 22.9. The van der Waals surface area contributed by atoms with E-state index in [1.165, 1.54) is 0 Å². The highest BCUT2D eigenvalue weighted by Crippen LogP contribution is 2.62. The van der Waals surface area contributed by atoms with Gasteiger partial charge in [0.05, 0.1) is 65.5 Å². The highest BCUT2D eigenvalue weighted by molar-refractivity contribution is 5.85. The van der Waals surface area contributed by atoms with Crippen LogP contribution in [0.15, 0.2) is 75.4 Å². The zero-order valence-corrected chi connectivity index (χ0v) is 43.9. The molecule has 0 saturated heterocycles. The summed E-state index contributed by atoms with van der Waals surface area (Å²) in [6.07, 6.45) is -55.0. The molecule has 0 aliphatic heterocycles. The Labute approximate surface area is 474 Å². The van der Waals surface area contributed by atoms with Gasteiger partial charge in [0, 0.05) is 24.3 Å². The van der Waals surface area contributed by atoms with Crippen molar-refractivity contribution >= 4 is 35.8 Å². The standard InChI is InChI=1S/C46H48F22O19/c1-7-29(69)78-14-11-40(55,56)85-43(61,62)35(17-75-20-36(49,50)23-81-32(72)10-4,18-76-21-37(51,52)24-82-33(73)27(5)47)19-84-44(63,64)39(26-77-22-38(53,54)25-83-34(74)28(6)48,45(65,66)86-41(57,58)12-15-79-30(70)8-2)46(67,68)87-42(59,60)13-16-80-31(71)9-3/h7-10H,1-6,11-26H2. The van der Waals surface area contributed by atoms with Crippen LogP contribution in [0.4, 0.5) is 96.6 Å². The lowest BCUT2D eigenvalue weighted by Gasteiger charge is -2.48. The van der Waals surface area contributed by atoms with Crippen LogP contribution in [0.25, 0.3) is 0 Å². The molecule has 0 N–H and O–H groups in total. The Balaban J connectivity index is 9.06. The number of esters is 6. The van der Waals surface area contributed by atoms with Crippen molar-refractivity contribution < 1.29 is 187 Å². The van der Waals surface area contributed by atoms with Crippen molar-refractivity contribution in [3.63, 3.8) is 0 Å². The predicted molar refractivity (Wildman–Crippen MR) is 237 cm³/mol. The van der Waals surface area contributed by atoms with Gasteiger partial charge >= 0.3 is 96.3 Å². The van der Waals surface area contributed by atoms with E-state index in [4.69, 9.17) is 0 Å². The minimum atomic E-state index is -7.77. The molecule has 87 heavy (non-hydrogen) atoms. The average molecular weight is 1320 g/mol. The summed E-state index contributed by atoms with van der Waals surface area (Å²) in [5, 5.41) is 0. The van der Waals surface area contributed by atoms with Crippen molar-refractivity contribution in [3.8, 4) is 0 Å². The van der Waals surface area contributed by atoms with Gasteiger partial charge < -0.3 is 47.4 Å². The number of alkyl halides is 20. The van der Waals surface area contributed by atoms with Crippen molar-refractivity contribution in [3.05, 3.63) is 75.4 Å². The fraction of sp³-hybridized carbons (Fsp3) is 0.609. The van der Waals surface area contributed by atoms with Crippen LogP contribution in [0.2, 0.25) is 0 Å². The maximum Gasteiger partial charge on any atom is 0.385 e. The molecule has 0 spiro atoms. The maximum absolute atomic E-state index is 17.3. The number of hydrogen-bond donors (Lipinski definition) is 0. The SMILES string of the molecule is C=CC(=O)OCCC(F)(F)OC(F)(F)C(COCC(F)(F)COC(=O)C=C)(COCC(F)(F)COC(=O)C(=C)F)COC(F)(F)C(COCC(F)(F)COC(=O)C(=C)F)(C(F)(F)OC(F)(F)CCOC(=O)C=C)C(F)(F)OC(F)(F)CCOC(=O)C=C. The largest absolute Gasteiger partial charge is 0.462 e. The molecule has 0 amide bonds. The fourth-order valence-corrected chi connectivity index (χ4v) is 5.48. The number of halogens is 22. The molecule has 0 aromatic rings. The second kappa shape index (κ2) is 32.6. The number of hydrogen-bond acceptors (Lipinski definition) is 19. The van der Waals surface area contributed by atoms with Gasteiger partial charge in [-0.3, -0.25) is 14.2 Å². The molecule has 1 atom stereocenters. The van der Waals surface area contributed by atoms with Gasteiger partial charge in [-0.1, -0.05) is 39.5 Å². The summed E-state index contributed by atoms with van der Waals surface area (Å²) >= 11 is 0. The van der Waals surface area contributed by atoms with E-state index in [0.717, 1.165) is 0 Å². The summed E-state index contributed by atoms with van der Waals surface area (Å²) in [5.41, 5.74) is -12.7. The smallest absolute Gasteiger partial charge is 0.385 e. The fourth-order valence-electron chi connectivity index (χ4n) is 5.48. The molecule has 1 unspecified atom stereocenters.